The lowest BCUT2D eigenvalue weighted by atomic mass is 10.0. The van der Waals surface area contributed by atoms with Gasteiger partial charge in [0.2, 0.25) is 0 Å². The van der Waals surface area contributed by atoms with Crippen molar-refractivity contribution in [3.63, 3.8) is 0 Å². The molecule has 30 heavy (non-hydrogen) atoms. The third kappa shape index (κ3) is 3.92. The van der Waals surface area contributed by atoms with Crippen LogP contribution in [-0.2, 0) is 11.3 Å². The Morgan fingerprint density at radius 2 is 1.87 bits per heavy atom. The third-order valence-corrected chi connectivity index (χ3v) is 5.60. The van der Waals surface area contributed by atoms with E-state index in [0.29, 0.717) is 17.1 Å². The van der Waals surface area contributed by atoms with Gasteiger partial charge >= 0.3 is 0 Å². The van der Waals surface area contributed by atoms with E-state index in [9.17, 15) is 19.5 Å². The number of imide groups is 1. The molecule has 2 aromatic carbocycles. The number of benzene rings is 2. The van der Waals surface area contributed by atoms with Gasteiger partial charge in [0.1, 0.15) is 11.5 Å². The third-order valence-electron chi connectivity index (χ3n) is 4.70. The first-order valence-corrected chi connectivity index (χ1v) is 9.95. The molecule has 1 aliphatic heterocycles. The van der Waals surface area contributed by atoms with Crippen LogP contribution in [0, 0.1) is 6.92 Å². The average molecular weight is 418 g/mol. The van der Waals surface area contributed by atoms with Crippen LogP contribution in [0.4, 0.5) is 4.79 Å². The number of carbonyl (C=O) groups is 3. The zero-order chi connectivity index (χ0) is 21.3. The second-order valence-electron chi connectivity index (χ2n) is 6.77. The van der Waals surface area contributed by atoms with Gasteiger partial charge in [0.25, 0.3) is 11.1 Å². The Hall–Kier alpha value is -3.58. The molecule has 4 rings (SSSR count). The summed E-state index contributed by atoms with van der Waals surface area (Å²) in [6.07, 6.45) is 1.53. The van der Waals surface area contributed by atoms with Gasteiger partial charge in [-0.1, -0.05) is 42.5 Å². The number of aromatic carboxylic acids is 1. The van der Waals surface area contributed by atoms with Gasteiger partial charge < -0.3 is 14.3 Å². The fourth-order valence-electron chi connectivity index (χ4n) is 3.12. The highest BCUT2D eigenvalue weighted by molar-refractivity contribution is 8.18. The number of furan rings is 1. The van der Waals surface area contributed by atoms with Gasteiger partial charge in [0.15, 0.2) is 0 Å². The molecule has 6 nitrogen and oxygen atoms in total. The van der Waals surface area contributed by atoms with E-state index >= 15 is 0 Å². The van der Waals surface area contributed by atoms with Gasteiger partial charge in [-0.2, -0.15) is 0 Å². The van der Waals surface area contributed by atoms with Crippen molar-refractivity contribution in [2.24, 2.45) is 0 Å². The lowest BCUT2D eigenvalue weighted by Crippen LogP contribution is -2.27. The molecular formula is C23H16NO5S-. The molecule has 0 aliphatic carbocycles. The summed E-state index contributed by atoms with van der Waals surface area (Å²) in [5.41, 5.74) is 2.37. The van der Waals surface area contributed by atoms with Crippen LogP contribution < -0.4 is 5.11 Å². The van der Waals surface area contributed by atoms with Crippen LogP contribution in [0.2, 0.25) is 0 Å². The maximum absolute atomic E-state index is 12.7. The van der Waals surface area contributed by atoms with Crippen molar-refractivity contribution in [1.82, 2.24) is 4.90 Å². The van der Waals surface area contributed by atoms with Crippen LogP contribution in [0.15, 0.2) is 70.0 Å². The summed E-state index contributed by atoms with van der Waals surface area (Å²) in [7, 11) is 0. The molecule has 1 saturated heterocycles. The van der Waals surface area contributed by atoms with Crippen molar-refractivity contribution in [2.45, 2.75) is 13.5 Å². The molecule has 0 bridgehead atoms. The van der Waals surface area contributed by atoms with E-state index in [2.05, 4.69) is 0 Å². The predicted octanol–water partition coefficient (Wildman–Crippen LogP) is 3.86. The second-order valence-corrected chi connectivity index (χ2v) is 7.77. The first kappa shape index (κ1) is 19.7. The van der Waals surface area contributed by atoms with Crippen LogP contribution in [0.1, 0.15) is 27.2 Å². The molecule has 2 heterocycles. The van der Waals surface area contributed by atoms with Crippen LogP contribution in [-0.4, -0.2) is 22.0 Å². The highest BCUT2D eigenvalue weighted by atomic mass is 32.2. The number of hydrogen-bond acceptors (Lipinski definition) is 6. The molecule has 150 valence electrons. The van der Waals surface area contributed by atoms with Gasteiger partial charge in [-0.25, -0.2) is 0 Å². The topological polar surface area (TPSA) is 90.6 Å². The van der Waals surface area contributed by atoms with Crippen molar-refractivity contribution in [2.75, 3.05) is 0 Å². The molecule has 0 radical (unpaired) electrons. The second kappa shape index (κ2) is 8.04. The van der Waals surface area contributed by atoms with Gasteiger partial charge in [0.05, 0.1) is 17.4 Å². The SMILES string of the molecule is Cc1ccc(C(=O)[O-])cc1-c1ccc(/C=C2\SC(=O)N(Cc3ccccc3)C2=O)o1. The van der Waals surface area contributed by atoms with Gasteiger partial charge in [-0.3, -0.25) is 14.5 Å². The van der Waals surface area contributed by atoms with Crippen molar-refractivity contribution >= 4 is 35.0 Å². The van der Waals surface area contributed by atoms with Crippen LogP contribution >= 0.6 is 11.8 Å². The summed E-state index contributed by atoms with van der Waals surface area (Å²) in [6, 6.07) is 17.3. The first-order chi connectivity index (χ1) is 14.4. The Morgan fingerprint density at radius 1 is 1.10 bits per heavy atom. The molecule has 0 spiro atoms. The van der Waals surface area contributed by atoms with Gasteiger partial charge in [-0.05, 0) is 53.6 Å². The Bertz CT molecular complexity index is 1180. The standard InChI is InChI=1S/C23H17NO5S/c1-14-7-8-16(22(26)27)11-18(14)19-10-9-17(29-19)12-20-21(25)24(23(28)30-20)13-15-5-3-2-4-6-15/h2-12H,13H2,1H3,(H,26,27)/p-1/b20-12-. The lowest BCUT2D eigenvalue weighted by Gasteiger charge is -2.11. The lowest BCUT2D eigenvalue weighted by molar-refractivity contribution is -0.255. The number of amides is 2. The zero-order valence-electron chi connectivity index (χ0n) is 16.0. The molecule has 1 aromatic heterocycles. The Balaban J connectivity index is 1.57. The number of hydrogen-bond donors (Lipinski definition) is 0. The molecule has 0 saturated carbocycles. The molecule has 1 fully saturated rings. The van der Waals surface area contributed by atoms with Crippen molar-refractivity contribution in [1.29, 1.82) is 0 Å². The summed E-state index contributed by atoms with van der Waals surface area (Å²) in [4.78, 5) is 37.6. The maximum Gasteiger partial charge on any atom is 0.293 e. The number of nitrogens with zero attached hydrogens (tertiary/aromatic N) is 1. The maximum atomic E-state index is 12.7. The smallest absolute Gasteiger partial charge is 0.293 e. The Morgan fingerprint density at radius 3 is 2.60 bits per heavy atom. The van der Waals surface area contributed by atoms with Gasteiger partial charge in [0, 0.05) is 11.6 Å². The summed E-state index contributed by atoms with van der Waals surface area (Å²) in [6.45, 7) is 2.05. The van der Waals surface area contributed by atoms with E-state index in [1.165, 1.54) is 23.1 Å². The van der Waals surface area contributed by atoms with Crippen molar-refractivity contribution in [3.8, 4) is 11.3 Å². The van der Waals surface area contributed by atoms with E-state index in [-0.39, 0.29) is 28.2 Å². The molecule has 1 aliphatic rings. The number of carboxylic acid groups (broad SMARTS) is 1. The fourth-order valence-corrected chi connectivity index (χ4v) is 3.94. The summed E-state index contributed by atoms with van der Waals surface area (Å²) in [5.74, 6) is -0.782. The predicted molar refractivity (Wildman–Crippen MR) is 111 cm³/mol. The number of rotatable bonds is 5. The first-order valence-electron chi connectivity index (χ1n) is 9.14. The molecule has 0 unspecified atom stereocenters. The number of carbonyl (C=O) groups excluding carboxylic acids is 3. The van der Waals surface area contributed by atoms with Crippen molar-refractivity contribution < 1.29 is 23.9 Å². The number of thioether (sulfide) groups is 1. The molecule has 0 N–H and O–H groups in total. The van der Waals surface area contributed by atoms with Gasteiger partial charge in [-0.15, -0.1) is 0 Å². The number of aryl methyl sites for hydroxylation is 1. The minimum Gasteiger partial charge on any atom is -0.545 e. The normalized spacial score (nSPS) is 15.2. The van der Waals surface area contributed by atoms with Crippen LogP contribution in [0.25, 0.3) is 17.4 Å². The van der Waals surface area contributed by atoms with E-state index in [1.807, 2.05) is 37.3 Å². The van der Waals surface area contributed by atoms with E-state index < -0.39 is 5.97 Å². The quantitative estimate of drug-likeness (QED) is 0.585. The Kier molecular flexibility index (Phi) is 5.29. The highest BCUT2D eigenvalue weighted by Gasteiger charge is 2.35. The molecule has 3 aromatic rings. The minimum absolute atomic E-state index is 0.0515. The summed E-state index contributed by atoms with van der Waals surface area (Å²) < 4.78 is 5.80. The average Bonchev–Trinajstić information content (AvgIpc) is 3.29. The van der Waals surface area contributed by atoms with Crippen LogP contribution in [0.3, 0.4) is 0 Å². The largest absolute Gasteiger partial charge is 0.545 e. The zero-order valence-corrected chi connectivity index (χ0v) is 16.8. The molecule has 0 atom stereocenters. The van der Waals surface area contributed by atoms with Crippen molar-refractivity contribution in [3.05, 3.63) is 88.0 Å². The summed E-state index contributed by atoms with van der Waals surface area (Å²) in [5, 5.41) is 10.8. The number of carboxylic acids is 1. The molecular weight excluding hydrogens is 402 g/mol. The van der Waals surface area contributed by atoms with Crippen LogP contribution in [0.5, 0.6) is 0 Å². The summed E-state index contributed by atoms with van der Waals surface area (Å²) >= 11 is 0.863. The fraction of sp³-hybridized carbons (Fsp3) is 0.0870. The molecule has 7 heteroatoms. The monoisotopic (exact) mass is 418 g/mol. The van der Waals surface area contributed by atoms with E-state index in [0.717, 1.165) is 22.9 Å². The molecule has 2 amide bonds. The minimum atomic E-state index is -1.27. The van der Waals surface area contributed by atoms with E-state index in [1.54, 1.807) is 18.2 Å². The Labute approximate surface area is 176 Å². The van der Waals surface area contributed by atoms with E-state index in [4.69, 9.17) is 4.42 Å². The highest BCUT2D eigenvalue weighted by Crippen LogP contribution is 2.34.